The average Bonchev–Trinajstić information content (AvgIpc) is 2.74. The molecule has 0 aliphatic carbocycles. The van der Waals surface area contributed by atoms with Crippen LogP contribution in [0.25, 0.3) is 0 Å². The lowest BCUT2D eigenvalue weighted by Gasteiger charge is -2.21. The molecule has 1 aromatic rings. The minimum absolute atomic E-state index is 0.467. The van der Waals surface area contributed by atoms with E-state index in [1.807, 2.05) is 20.9 Å². The standard InChI is InChI=1S/C10H19N3O2/c1-5-10(2,14-4)9-12-8(13-15-9)6-7-11-3/h11H,5-7H2,1-4H3. The van der Waals surface area contributed by atoms with Crippen LogP contribution in [0.5, 0.6) is 0 Å². The minimum atomic E-state index is -0.467. The summed E-state index contributed by atoms with van der Waals surface area (Å²) in [6.45, 7) is 4.82. The third-order valence-electron chi connectivity index (χ3n) is 2.64. The zero-order valence-electron chi connectivity index (χ0n) is 9.83. The highest BCUT2D eigenvalue weighted by atomic mass is 16.5. The molecule has 0 saturated heterocycles. The summed E-state index contributed by atoms with van der Waals surface area (Å²) in [5, 5.41) is 6.95. The Hall–Kier alpha value is -0.940. The highest BCUT2D eigenvalue weighted by molar-refractivity contribution is 4.97. The van der Waals surface area contributed by atoms with Crippen LogP contribution in [-0.4, -0.2) is 30.8 Å². The van der Waals surface area contributed by atoms with Crippen molar-refractivity contribution in [1.29, 1.82) is 0 Å². The predicted octanol–water partition coefficient (Wildman–Crippen LogP) is 1.10. The summed E-state index contributed by atoms with van der Waals surface area (Å²) in [5.41, 5.74) is -0.467. The van der Waals surface area contributed by atoms with Gasteiger partial charge < -0.3 is 14.6 Å². The van der Waals surface area contributed by atoms with Crippen LogP contribution >= 0.6 is 0 Å². The van der Waals surface area contributed by atoms with Crippen LogP contribution in [0.15, 0.2) is 4.52 Å². The molecule has 1 aromatic heterocycles. The van der Waals surface area contributed by atoms with E-state index in [0.717, 1.165) is 25.2 Å². The predicted molar refractivity (Wildman–Crippen MR) is 56.6 cm³/mol. The molecular weight excluding hydrogens is 194 g/mol. The number of ether oxygens (including phenoxy) is 1. The van der Waals surface area contributed by atoms with Crippen molar-refractivity contribution in [3.63, 3.8) is 0 Å². The zero-order valence-corrected chi connectivity index (χ0v) is 9.83. The van der Waals surface area contributed by atoms with Crippen molar-refractivity contribution in [3.8, 4) is 0 Å². The maximum absolute atomic E-state index is 5.38. The van der Waals surface area contributed by atoms with E-state index in [2.05, 4.69) is 15.5 Å². The van der Waals surface area contributed by atoms with E-state index in [4.69, 9.17) is 9.26 Å². The summed E-state index contributed by atoms with van der Waals surface area (Å²) in [7, 11) is 3.55. The van der Waals surface area contributed by atoms with Gasteiger partial charge in [0.15, 0.2) is 5.82 Å². The number of hydrogen-bond acceptors (Lipinski definition) is 5. The molecule has 0 aliphatic heterocycles. The second-order valence-electron chi connectivity index (χ2n) is 3.66. The van der Waals surface area contributed by atoms with Crippen molar-refractivity contribution in [2.24, 2.45) is 0 Å². The van der Waals surface area contributed by atoms with E-state index in [-0.39, 0.29) is 0 Å². The highest BCUT2D eigenvalue weighted by Gasteiger charge is 2.30. The van der Waals surface area contributed by atoms with Gasteiger partial charge in [0.1, 0.15) is 5.60 Å². The van der Waals surface area contributed by atoms with Crippen LogP contribution in [0.3, 0.4) is 0 Å². The van der Waals surface area contributed by atoms with Crippen molar-refractivity contribution >= 4 is 0 Å². The van der Waals surface area contributed by atoms with Crippen LogP contribution in [0, 0.1) is 0 Å². The minimum Gasteiger partial charge on any atom is -0.369 e. The van der Waals surface area contributed by atoms with E-state index >= 15 is 0 Å². The van der Waals surface area contributed by atoms with Gasteiger partial charge in [0.25, 0.3) is 5.89 Å². The number of nitrogens with one attached hydrogen (secondary N) is 1. The third kappa shape index (κ3) is 2.76. The van der Waals surface area contributed by atoms with E-state index in [0.29, 0.717) is 5.89 Å². The normalized spacial score (nSPS) is 15.2. The van der Waals surface area contributed by atoms with Crippen molar-refractivity contribution < 1.29 is 9.26 Å². The maximum Gasteiger partial charge on any atom is 0.258 e. The molecule has 1 heterocycles. The van der Waals surface area contributed by atoms with Gasteiger partial charge in [0.2, 0.25) is 0 Å². The van der Waals surface area contributed by atoms with Gasteiger partial charge in [-0.25, -0.2) is 0 Å². The van der Waals surface area contributed by atoms with E-state index < -0.39 is 5.60 Å². The molecule has 0 radical (unpaired) electrons. The number of likely N-dealkylation sites (N-methyl/N-ethyl adjacent to an activating group) is 1. The van der Waals surface area contributed by atoms with Gasteiger partial charge in [-0.05, 0) is 20.4 Å². The summed E-state index contributed by atoms with van der Waals surface area (Å²) in [4.78, 5) is 4.32. The Bertz CT molecular complexity index is 295. The third-order valence-corrected chi connectivity index (χ3v) is 2.64. The van der Waals surface area contributed by atoms with Crippen molar-refractivity contribution in [3.05, 3.63) is 11.7 Å². The fourth-order valence-electron chi connectivity index (χ4n) is 1.19. The Morgan fingerprint density at radius 2 is 2.27 bits per heavy atom. The van der Waals surface area contributed by atoms with Gasteiger partial charge in [-0.2, -0.15) is 4.98 Å². The van der Waals surface area contributed by atoms with Gasteiger partial charge in [0.05, 0.1) is 0 Å². The molecule has 0 aromatic carbocycles. The highest BCUT2D eigenvalue weighted by Crippen LogP contribution is 2.26. The van der Waals surface area contributed by atoms with Crippen LogP contribution in [0.1, 0.15) is 32.0 Å². The van der Waals surface area contributed by atoms with Crippen LogP contribution < -0.4 is 5.32 Å². The van der Waals surface area contributed by atoms with Crippen LogP contribution in [0.2, 0.25) is 0 Å². The maximum atomic E-state index is 5.38. The smallest absolute Gasteiger partial charge is 0.258 e. The Morgan fingerprint density at radius 3 is 2.80 bits per heavy atom. The topological polar surface area (TPSA) is 60.2 Å². The first-order chi connectivity index (χ1) is 7.16. The molecule has 0 aliphatic rings. The molecular formula is C10H19N3O2. The number of rotatable bonds is 6. The van der Waals surface area contributed by atoms with Crippen LogP contribution in [-0.2, 0) is 16.8 Å². The molecule has 1 rings (SSSR count). The van der Waals surface area contributed by atoms with Gasteiger partial charge in [-0.3, -0.25) is 0 Å². The molecule has 1 atom stereocenters. The number of aromatic nitrogens is 2. The van der Waals surface area contributed by atoms with E-state index in [9.17, 15) is 0 Å². The number of nitrogens with zero attached hydrogens (tertiary/aromatic N) is 2. The first-order valence-corrected chi connectivity index (χ1v) is 5.19. The molecule has 0 bridgehead atoms. The molecule has 0 fully saturated rings. The first kappa shape index (κ1) is 12.1. The fraction of sp³-hybridized carbons (Fsp3) is 0.800. The summed E-state index contributed by atoms with van der Waals surface area (Å²) < 4.78 is 10.6. The van der Waals surface area contributed by atoms with Gasteiger partial charge in [-0.15, -0.1) is 0 Å². The zero-order chi connectivity index (χ0) is 11.3. The van der Waals surface area contributed by atoms with Crippen molar-refractivity contribution in [1.82, 2.24) is 15.5 Å². The molecule has 5 heteroatoms. The van der Waals surface area contributed by atoms with Gasteiger partial charge in [0, 0.05) is 20.1 Å². The Balaban J connectivity index is 2.74. The molecule has 1 unspecified atom stereocenters. The lowest BCUT2D eigenvalue weighted by Crippen LogP contribution is -2.23. The molecule has 1 N–H and O–H groups in total. The largest absolute Gasteiger partial charge is 0.369 e. The monoisotopic (exact) mass is 213 g/mol. The molecule has 0 amide bonds. The lowest BCUT2D eigenvalue weighted by atomic mass is 10.0. The lowest BCUT2D eigenvalue weighted by molar-refractivity contribution is -0.0272. The molecule has 5 nitrogen and oxygen atoms in total. The Morgan fingerprint density at radius 1 is 1.53 bits per heavy atom. The summed E-state index contributed by atoms with van der Waals surface area (Å²) in [6.07, 6.45) is 1.57. The second kappa shape index (κ2) is 5.23. The van der Waals surface area contributed by atoms with E-state index in [1.165, 1.54) is 0 Å². The van der Waals surface area contributed by atoms with Crippen LogP contribution in [0.4, 0.5) is 0 Å². The average molecular weight is 213 g/mol. The summed E-state index contributed by atoms with van der Waals surface area (Å²) in [6, 6.07) is 0. The summed E-state index contributed by atoms with van der Waals surface area (Å²) in [5.74, 6) is 1.27. The van der Waals surface area contributed by atoms with Crippen molar-refractivity contribution in [2.45, 2.75) is 32.3 Å². The molecule has 86 valence electrons. The number of hydrogen-bond donors (Lipinski definition) is 1. The second-order valence-corrected chi connectivity index (χ2v) is 3.66. The first-order valence-electron chi connectivity index (χ1n) is 5.19. The summed E-state index contributed by atoms with van der Waals surface area (Å²) >= 11 is 0. The van der Waals surface area contributed by atoms with E-state index in [1.54, 1.807) is 7.11 Å². The Kier molecular flexibility index (Phi) is 4.23. The van der Waals surface area contributed by atoms with Crippen molar-refractivity contribution in [2.75, 3.05) is 20.7 Å². The quantitative estimate of drug-likeness (QED) is 0.766. The SMILES string of the molecule is CCC(C)(OC)c1nc(CCNC)no1. The van der Waals surface area contributed by atoms with Gasteiger partial charge in [-0.1, -0.05) is 12.1 Å². The Labute approximate surface area is 90.2 Å². The van der Waals surface area contributed by atoms with Gasteiger partial charge >= 0.3 is 0 Å². The molecule has 15 heavy (non-hydrogen) atoms. The molecule has 0 spiro atoms. The fourth-order valence-corrected chi connectivity index (χ4v) is 1.19. The molecule has 0 saturated carbocycles. The number of methoxy groups -OCH3 is 1.